The number of unbranched alkanes of at least 4 members (excludes halogenated alkanes) is 48. The number of rotatable bonds is 62. The Morgan fingerprint density at radius 2 is 0.790 bits per heavy atom. The maximum Gasteiger partial charge on any atom is 0.397 e. The summed E-state index contributed by atoms with van der Waals surface area (Å²) in [6, 6.07) is -0.943. The van der Waals surface area contributed by atoms with Crippen molar-refractivity contribution in [2.45, 2.75) is 391 Å². The van der Waals surface area contributed by atoms with Crippen LogP contribution in [0.15, 0.2) is 24.3 Å². The quantitative estimate of drug-likeness (QED) is 0.0193. The lowest BCUT2D eigenvalue weighted by molar-refractivity contribution is -0.298. The lowest BCUT2D eigenvalue weighted by Gasteiger charge is -2.41. The molecule has 7 atom stereocenters. The molecule has 0 aromatic heterocycles. The maximum atomic E-state index is 13.2. The summed E-state index contributed by atoms with van der Waals surface area (Å²) >= 11 is 0. The molecule has 0 radical (unpaired) electrons. The fraction of sp³-hybridized carbons (Fsp3) is 0.926. The van der Waals surface area contributed by atoms with Gasteiger partial charge in [0, 0.05) is 6.42 Å². The second kappa shape index (κ2) is 57.6. The summed E-state index contributed by atoms with van der Waals surface area (Å²) in [5, 5.41) is 45.1. The molecule has 1 heterocycles. The SMILES string of the molecule is CCCCCCCCCCCCCCCCC/C=C/C(O)C(COC1OC(CO)C(O)C(OS(=O)(=O)O)C1O)NC(=O)CCCCCCCCCCCCCCCCCCC/C=C\CCCCCCCCCCCCCCCCCC. The summed E-state index contributed by atoms with van der Waals surface area (Å²) in [7, 11) is -5.09. The second-order valence-electron chi connectivity index (χ2n) is 24.5. The van der Waals surface area contributed by atoms with Crippen LogP contribution in [0.2, 0.25) is 0 Å². The Balaban J connectivity index is 2.17. The molecule has 1 fully saturated rings. The third-order valence-electron chi connectivity index (χ3n) is 16.7. The van der Waals surface area contributed by atoms with Crippen LogP contribution in [-0.2, 0) is 28.9 Å². The molecule has 1 rings (SSSR count). The Labute approximate surface area is 499 Å². The van der Waals surface area contributed by atoms with Crippen LogP contribution in [0.4, 0.5) is 0 Å². The molecule has 0 saturated carbocycles. The van der Waals surface area contributed by atoms with Gasteiger partial charge in [0.2, 0.25) is 5.91 Å². The summed E-state index contributed by atoms with van der Waals surface area (Å²) < 4.78 is 48.0. The Kier molecular flexibility index (Phi) is 55.2. The summed E-state index contributed by atoms with van der Waals surface area (Å²) in [6.45, 7) is 3.45. The number of amides is 1. The Hall–Kier alpha value is -1.42. The first-order chi connectivity index (χ1) is 39.5. The van der Waals surface area contributed by atoms with Gasteiger partial charge in [-0.2, -0.15) is 8.42 Å². The van der Waals surface area contributed by atoms with Gasteiger partial charge >= 0.3 is 10.4 Å². The summed E-state index contributed by atoms with van der Waals surface area (Å²) in [4.78, 5) is 13.2. The zero-order chi connectivity index (χ0) is 59.0. The van der Waals surface area contributed by atoms with Gasteiger partial charge in [-0.1, -0.05) is 321 Å². The van der Waals surface area contributed by atoms with Gasteiger partial charge in [0.15, 0.2) is 6.29 Å². The molecule has 81 heavy (non-hydrogen) atoms. The van der Waals surface area contributed by atoms with Crippen LogP contribution in [-0.4, -0.2) is 95.4 Å². The molecule has 1 amide bonds. The van der Waals surface area contributed by atoms with Gasteiger partial charge in [0.1, 0.15) is 24.4 Å². The molecule has 0 aromatic rings. The molecule has 0 aliphatic carbocycles. The van der Waals surface area contributed by atoms with E-state index < -0.39 is 59.9 Å². The van der Waals surface area contributed by atoms with Gasteiger partial charge in [-0.25, -0.2) is 4.18 Å². The van der Waals surface area contributed by atoms with Crippen molar-refractivity contribution in [2.75, 3.05) is 13.2 Å². The number of aliphatic hydroxyl groups is 4. The standard InChI is InChI=1S/C68H131NO11S/c1-3-5-7-9-11-13-15-17-19-21-22-23-24-25-26-27-28-29-30-31-32-33-34-35-36-37-38-39-40-42-44-46-48-50-52-54-56-58-64(72)69-61(60-78-68-66(74)67(80-81(75,76)77)65(73)63(59-70)79-68)62(71)57-55-53-51-49-47-45-43-41-20-18-16-14-12-10-8-6-4-2/h29-30,55,57,61-63,65-68,70-71,73-74H,3-28,31-54,56,58-60H2,1-2H3,(H,69,72)(H,75,76,77)/b30-29-,57-55+. The van der Waals surface area contributed by atoms with E-state index in [0.29, 0.717) is 6.42 Å². The molecule has 6 N–H and O–H groups in total. The van der Waals surface area contributed by atoms with Crippen LogP contribution in [0.25, 0.3) is 0 Å². The second-order valence-corrected chi connectivity index (χ2v) is 25.5. The Morgan fingerprint density at radius 3 is 1.11 bits per heavy atom. The van der Waals surface area contributed by atoms with Crippen LogP contribution < -0.4 is 5.32 Å². The third kappa shape index (κ3) is 49.4. The Bertz CT molecular complexity index is 1520. The smallest absolute Gasteiger partial charge is 0.394 e. The zero-order valence-electron chi connectivity index (χ0n) is 52.6. The van der Waals surface area contributed by atoms with Crippen LogP contribution in [0.1, 0.15) is 348 Å². The van der Waals surface area contributed by atoms with Crippen molar-refractivity contribution in [3.8, 4) is 0 Å². The predicted molar refractivity (Wildman–Crippen MR) is 338 cm³/mol. The van der Waals surface area contributed by atoms with Gasteiger partial charge in [0.25, 0.3) is 0 Å². The van der Waals surface area contributed by atoms with Gasteiger partial charge in [-0.3, -0.25) is 9.35 Å². The van der Waals surface area contributed by atoms with E-state index in [4.69, 9.17) is 9.47 Å². The molecule has 1 aliphatic rings. The van der Waals surface area contributed by atoms with E-state index in [9.17, 15) is 38.2 Å². The number of aliphatic hydroxyl groups excluding tert-OH is 4. The van der Waals surface area contributed by atoms with E-state index in [1.807, 2.05) is 6.08 Å². The minimum Gasteiger partial charge on any atom is -0.394 e. The number of hydrogen-bond donors (Lipinski definition) is 6. The molecule has 0 bridgehead atoms. The van der Waals surface area contributed by atoms with Crippen molar-refractivity contribution in [3.63, 3.8) is 0 Å². The summed E-state index contributed by atoms with van der Waals surface area (Å²) in [5.41, 5.74) is 0. The van der Waals surface area contributed by atoms with Crippen molar-refractivity contribution < 1.29 is 51.8 Å². The first kappa shape index (κ1) is 77.6. The van der Waals surface area contributed by atoms with Crippen molar-refractivity contribution in [2.24, 2.45) is 0 Å². The van der Waals surface area contributed by atoms with Crippen molar-refractivity contribution >= 4 is 16.3 Å². The van der Waals surface area contributed by atoms with E-state index in [1.54, 1.807) is 6.08 Å². The lowest BCUT2D eigenvalue weighted by Crippen LogP contribution is -2.61. The highest BCUT2D eigenvalue weighted by atomic mass is 32.3. The largest absolute Gasteiger partial charge is 0.397 e. The molecule has 480 valence electrons. The number of ether oxygens (including phenoxy) is 2. The minimum atomic E-state index is -5.09. The van der Waals surface area contributed by atoms with Crippen molar-refractivity contribution in [1.82, 2.24) is 5.32 Å². The molecular formula is C68H131NO11S. The number of nitrogens with one attached hydrogen (secondary N) is 1. The van der Waals surface area contributed by atoms with E-state index in [0.717, 1.165) is 38.5 Å². The third-order valence-corrected chi connectivity index (χ3v) is 17.2. The molecule has 12 nitrogen and oxygen atoms in total. The van der Waals surface area contributed by atoms with E-state index in [1.165, 1.54) is 283 Å². The molecule has 1 aliphatic heterocycles. The van der Waals surface area contributed by atoms with Crippen LogP contribution >= 0.6 is 0 Å². The molecule has 1 saturated heterocycles. The zero-order valence-corrected chi connectivity index (χ0v) is 53.4. The fourth-order valence-electron chi connectivity index (χ4n) is 11.4. The average Bonchev–Trinajstić information content (AvgIpc) is 3.51. The topological polar surface area (TPSA) is 192 Å². The normalized spacial score (nSPS) is 18.6. The Morgan fingerprint density at radius 1 is 0.481 bits per heavy atom. The average molecular weight is 1170 g/mol. The predicted octanol–water partition coefficient (Wildman–Crippen LogP) is 17.9. The van der Waals surface area contributed by atoms with E-state index in [-0.39, 0.29) is 18.9 Å². The van der Waals surface area contributed by atoms with Crippen LogP contribution in [0.5, 0.6) is 0 Å². The number of carbonyl (C=O) groups excluding carboxylic acids is 1. The number of hydrogen-bond acceptors (Lipinski definition) is 10. The van der Waals surface area contributed by atoms with Crippen molar-refractivity contribution in [1.29, 1.82) is 0 Å². The van der Waals surface area contributed by atoms with E-state index in [2.05, 4.69) is 35.5 Å². The number of carbonyl (C=O) groups is 1. The molecular weight excluding hydrogens is 1040 g/mol. The van der Waals surface area contributed by atoms with E-state index >= 15 is 0 Å². The van der Waals surface area contributed by atoms with Crippen LogP contribution in [0, 0.1) is 0 Å². The highest BCUT2D eigenvalue weighted by molar-refractivity contribution is 7.80. The summed E-state index contributed by atoms with van der Waals surface area (Å²) in [6.07, 6.45) is 65.5. The van der Waals surface area contributed by atoms with Gasteiger partial charge in [-0.15, -0.1) is 0 Å². The monoisotopic (exact) mass is 1170 g/mol. The first-order valence-corrected chi connectivity index (χ1v) is 36.1. The lowest BCUT2D eigenvalue weighted by atomic mass is 9.99. The van der Waals surface area contributed by atoms with Crippen molar-refractivity contribution in [3.05, 3.63) is 24.3 Å². The molecule has 0 spiro atoms. The number of allylic oxidation sites excluding steroid dienone is 3. The fourth-order valence-corrected chi connectivity index (χ4v) is 11.9. The molecule has 13 heteroatoms. The van der Waals surface area contributed by atoms with Gasteiger partial charge in [-0.05, 0) is 44.9 Å². The summed E-state index contributed by atoms with van der Waals surface area (Å²) in [5.74, 6) is -0.256. The highest BCUT2D eigenvalue weighted by Crippen LogP contribution is 2.26. The molecule has 0 aromatic carbocycles. The first-order valence-electron chi connectivity index (χ1n) is 34.7. The van der Waals surface area contributed by atoms with Gasteiger partial charge < -0.3 is 35.2 Å². The van der Waals surface area contributed by atoms with Gasteiger partial charge in [0.05, 0.1) is 25.4 Å². The van der Waals surface area contributed by atoms with Crippen LogP contribution in [0.3, 0.4) is 0 Å². The molecule has 7 unspecified atom stereocenters. The maximum absolute atomic E-state index is 13.2. The highest BCUT2D eigenvalue weighted by Gasteiger charge is 2.48. The minimum absolute atomic E-state index is 0.256.